The number of Topliss-reactive ketones (excluding diaryl/α,β-unsaturated/α-hetero) is 1. The molecule has 124 valence electrons. The number of rotatable bonds is 7. The van der Waals surface area contributed by atoms with Crippen LogP contribution < -0.4 is 9.47 Å². The van der Waals surface area contributed by atoms with Gasteiger partial charge in [0.05, 0.1) is 19.1 Å². The zero-order valence-corrected chi connectivity index (χ0v) is 13.5. The number of carboxylic acids is 1. The van der Waals surface area contributed by atoms with Crippen molar-refractivity contribution >= 4 is 11.8 Å². The van der Waals surface area contributed by atoms with Gasteiger partial charge in [0.15, 0.2) is 17.3 Å². The number of allylic oxidation sites excluding steroid dienone is 2. The number of ketones is 1. The van der Waals surface area contributed by atoms with Gasteiger partial charge in [-0.1, -0.05) is 12.2 Å². The molecule has 1 aliphatic rings. The predicted octanol–water partition coefficient (Wildman–Crippen LogP) is 3.33. The van der Waals surface area contributed by atoms with E-state index in [9.17, 15) is 14.7 Å². The Kier molecular flexibility index (Phi) is 5.79. The largest absolute Gasteiger partial charge is 0.490 e. The third-order valence-corrected chi connectivity index (χ3v) is 3.91. The Hall–Kier alpha value is -2.30. The van der Waals surface area contributed by atoms with Gasteiger partial charge in [-0.2, -0.15) is 0 Å². The van der Waals surface area contributed by atoms with Gasteiger partial charge in [0.2, 0.25) is 0 Å². The predicted molar refractivity (Wildman–Crippen MR) is 86.1 cm³/mol. The van der Waals surface area contributed by atoms with Crippen LogP contribution in [0.1, 0.15) is 37.0 Å². The molecular formula is C18H22O5. The Morgan fingerprint density at radius 1 is 1.04 bits per heavy atom. The Morgan fingerprint density at radius 2 is 1.65 bits per heavy atom. The summed E-state index contributed by atoms with van der Waals surface area (Å²) < 4.78 is 11.0. The lowest BCUT2D eigenvalue weighted by atomic mass is 9.78. The van der Waals surface area contributed by atoms with E-state index in [1.807, 2.05) is 26.0 Å². The molecule has 0 heterocycles. The summed E-state index contributed by atoms with van der Waals surface area (Å²) in [5.41, 5.74) is 0.462. The number of hydrogen-bond donors (Lipinski definition) is 1. The fourth-order valence-corrected chi connectivity index (χ4v) is 2.80. The third-order valence-electron chi connectivity index (χ3n) is 3.91. The van der Waals surface area contributed by atoms with Crippen LogP contribution in [0.3, 0.4) is 0 Å². The van der Waals surface area contributed by atoms with E-state index in [0.29, 0.717) is 43.1 Å². The molecule has 0 saturated heterocycles. The highest BCUT2D eigenvalue weighted by molar-refractivity contribution is 6.00. The summed E-state index contributed by atoms with van der Waals surface area (Å²) in [6.45, 7) is 4.70. The van der Waals surface area contributed by atoms with Crippen LogP contribution in [0.2, 0.25) is 0 Å². The number of hydrogen-bond acceptors (Lipinski definition) is 4. The minimum atomic E-state index is -0.927. The summed E-state index contributed by atoms with van der Waals surface area (Å²) in [6, 6.07) is 5.03. The molecule has 1 aromatic rings. The summed E-state index contributed by atoms with van der Waals surface area (Å²) in [7, 11) is 0. The van der Waals surface area contributed by atoms with Crippen molar-refractivity contribution in [2.24, 2.45) is 11.8 Å². The average molecular weight is 318 g/mol. The number of carbonyl (C=O) groups is 2. The normalized spacial score (nSPS) is 20.1. The van der Waals surface area contributed by atoms with E-state index >= 15 is 0 Å². The molecule has 1 N–H and O–H groups in total. The van der Waals surface area contributed by atoms with E-state index in [-0.39, 0.29) is 5.78 Å². The average Bonchev–Trinajstić information content (AvgIpc) is 2.56. The standard InChI is InChI=1S/C18H22O5/c1-3-22-15-10-9-12(11-16(15)23-4-2)17(19)13-7-5-6-8-14(13)18(20)21/h5-6,9-11,13-14H,3-4,7-8H2,1-2H3,(H,20,21). The van der Waals surface area contributed by atoms with Gasteiger partial charge in [0.1, 0.15) is 0 Å². The first kappa shape index (κ1) is 17.1. The molecule has 5 heteroatoms. The molecule has 23 heavy (non-hydrogen) atoms. The van der Waals surface area contributed by atoms with Gasteiger partial charge in [0, 0.05) is 11.5 Å². The van der Waals surface area contributed by atoms with E-state index in [1.165, 1.54) is 0 Å². The van der Waals surface area contributed by atoms with Gasteiger partial charge in [-0.05, 0) is 44.9 Å². The van der Waals surface area contributed by atoms with Crippen LogP contribution in [0.25, 0.3) is 0 Å². The van der Waals surface area contributed by atoms with Crippen molar-refractivity contribution < 1.29 is 24.2 Å². The van der Waals surface area contributed by atoms with Gasteiger partial charge in [-0.15, -0.1) is 0 Å². The van der Waals surface area contributed by atoms with Crippen LogP contribution in [0.4, 0.5) is 0 Å². The molecule has 0 aromatic heterocycles. The summed E-state index contributed by atoms with van der Waals surface area (Å²) >= 11 is 0. The van der Waals surface area contributed by atoms with Crippen molar-refractivity contribution in [1.29, 1.82) is 0 Å². The van der Waals surface area contributed by atoms with E-state index in [0.717, 1.165) is 0 Å². The first-order valence-electron chi connectivity index (χ1n) is 7.90. The van der Waals surface area contributed by atoms with Gasteiger partial charge in [-0.25, -0.2) is 0 Å². The lowest BCUT2D eigenvalue weighted by molar-refractivity contribution is -0.143. The van der Waals surface area contributed by atoms with E-state index in [2.05, 4.69) is 0 Å². The van der Waals surface area contributed by atoms with Gasteiger partial charge in [-0.3, -0.25) is 9.59 Å². The number of carbonyl (C=O) groups excluding carboxylic acids is 1. The third kappa shape index (κ3) is 3.92. The van der Waals surface area contributed by atoms with Crippen LogP contribution in [0, 0.1) is 11.8 Å². The van der Waals surface area contributed by atoms with Crippen LogP contribution in [0.5, 0.6) is 11.5 Å². The van der Waals surface area contributed by atoms with Gasteiger partial charge in [0.25, 0.3) is 0 Å². The highest BCUT2D eigenvalue weighted by Crippen LogP contribution is 2.33. The summed E-state index contributed by atoms with van der Waals surface area (Å²) in [5.74, 6) is -1.20. The van der Waals surface area contributed by atoms with Crippen LogP contribution >= 0.6 is 0 Å². The second-order valence-corrected chi connectivity index (χ2v) is 5.39. The second-order valence-electron chi connectivity index (χ2n) is 5.39. The first-order valence-corrected chi connectivity index (χ1v) is 7.90. The van der Waals surface area contributed by atoms with Crippen LogP contribution in [-0.2, 0) is 4.79 Å². The maximum atomic E-state index is 12.7. The number of ether oxygens (including phenoxy) is 2. The van der Waals surface area contributed by atoms with Crippen molar-refractivity contribution in [1.82, 2.24) is 0 Å². The minimum Gasteiger partial charge on any atom is -0.490 e. The molecule has 0 spiro atoms. The zero-order valence-electron chi connectivity index (χ0n) is 13.5. The molecule has 0 amide bonds. The summed E-state index contributed by atoms with van der Waals surface area (Å²) in [5, 5.41) is 9.33. The molecule has 0 radical (unpaired) electrons. The van der Waals surface area contributed by atoms with Crippen LogP contribution in [0.15, 0.2) is 30.4 Å². The Morgan fingerprint density at radius 3 is 2.26 bits per heavy atom. The monoisotopic (exact) mass is 318 g/mol. The summed E-state index contributed by atoms with van der Waals surface area (Å²) in [6.07, 6.45) is 4.54. The molecule has 1 aliphatic carbocycles. The van der Waals surface area contributed by atoms with Crippen molar-refractivity contribution in [3.63, 3.8) is 0 Å². The fraction of sp³-hybridized carbons (Fsp3) is 0.444. The number of carboxylic acid groups (broad SMARTS) is 1. The summed E-state index contributed by atoms with van der Waals surface area (Å²) in [4.78, 5) is 24.1. The SMILES string of the molecule is CCOc1ccc(C(=O)C2CC=CCC2C(=O)O)cc1OCC. The molecule has 0 fully saturated rings. The van der Waals surface area contributed by atoms with E-state index < -0.39 is 17.8 Å². The number of aliphatic carboxylic acids is 1. The molecule has 0 aliphatic heterocycles. The molecule has 2 atom stereocenters. The molecule has 2 unspecified atom stereocenters. The maximum Gasteiger partial charge on any atom is 0.307 e. The fourth-order valence-electron chi connectivity index (χ4n) is 2.80. The van der Waals surface area contributed by atoms with E-state index in [4.69, 9.17) is 9.47 Å². The Labute approximate surface area is 135 Å². The quantitative estimate of drug-likeness (QED) is 0.616. The van der Waals surface area contributed by atoms with E-state index in [1.54, 1.807) is 18.2 Å². The molecule has 5 nitrogen and oxygen atoms in total. The zero-order chi connectivity index (χ0) is 16.8. The van der Waals surface area contributed by atoms with Crippen LogP contribution in [-0.4, -0.2) is 30.1 Å². The van der Waals surface area contributed by atoms with Crippen molar-refractivity contribution in [2.45, 2.75) is 26.7 Å². The molecule has 2 rings (SSSR count). The van der Waals surface area contributed by atoms with Crippen molar-refractivity contribution in [3.05, 3.63) is 35.9 Å². The second kappa shape index (κ2) is 7.81. The molecule has 1 aromatic carbocycles. The Balaban J connectivity index is 2.29. The molecular weight excluding hydrogens is 296 g/mol. The van der Waals surface area contributed by atoms with Crippen molar-refractivity contribution in [2.75, 3.05) is 13.2 Å². The van der Waals surface area contributed by atoms with Gasteiger partial charge >= 0.3 is 5.97 Å². The highest BCUT2D eigenvalue weighted by Gasteiger charge is 2.34. The smallest absolute Gasteiger partial charge is 0.307 e. The topological polar surface area (TPSA) is 72.8 Å². The maximum absolute atomic E-state index is 12.7. The highest BCUT2D eigenvalue weighted by atomic mass is 16.5. The van der Waals surface area contributed by atoms with Gasteiger partial charge < -0.3 is 14.6 Å². The molecule has 0 saturated carbocycles. The van der Waals surface area contributed by atoms with Crippen molar-refractivity contribution in [3.8, 4) is 11.5 Å². The first-order chi connectivity index (χ1) is 11.1. The Bertz CT molecular complexity index is 605. The lowest BCUT2D eigenvalue weighted by Gasteiger charge is -2.24. The molecule has 0 bridgehead atoms. The minimum absolute atomic E-state index is 0.161. The number of benzene rings is 1. The lowest BCUT2D eigenvalue weighted by Crippen LogP contribution is -2.31.